The second-order valence-corrected chi connectivity index (χ2v) is 6.60. The number of hydrogen-bond acceptors (Lipinski definition) is 4. The van der Waals surface area contributed by atoms with Crippen molar-refractivity contribution in [2.75, 3.05) is 7.11 Å². The van der Waals surface area contributed by atoms with E-state index in [9.17, 15) is 0 Å². The lowest BCUT2D eigenvalue weighted by Gasteiger charge is -2.30. The van der Waals surface area contributed by atoms with Crippen LogP contribution in [0, 0.1) is 5.92 Å². The summed E-state index contributed by atoms with van der Waals surface area (Å²) in [6.07, 6.45) is 5.06. The molecule has 1 saturated carbocycles. The Kier molecular flexibility index (Phi) is 4.46. The van der Waals surface area contributed by atoms with Gasteiger partial charge in [0.25, 0.3) is 3.79 Å². The Bertz CT molecular complexity index is 265. The molecule has 0 bridgehead atoms. The SMILES string of the molecule is COC1(C(Cl)(Cl)Cl)OOC(C2CCCCC2)O1. The largest absolute Gasteiger partial charge is 0.362 e. The molecule has 1 saturated heterocycles. The fourth-order valence-corrected chi connectivity index (χ4v) is 2.66. The fourth-order valence-electron chi connectivity index (χ4n) is 2.20. The monoisotopic (exact) mass is 304 g/mol. The summed E-state index contributed by atoms with van der Waals surface area (Å²) in [5.74, 6) is -1.52. The van der Waals surface area contributed by atoms with E-state index in [-0.39, 0.29) is 5.92 Å². The maximum Gasteiger partial charge on any atom is 0.362 e. The van der Waals surface area contributed by atoms with Gasteiger partial charge in [0, 0.05) is 13.0 Å². The number of alkyl halides is 3. The van der Waals surface area contributed by atoms with E-state index in [0.29, 0.717) is 0 Å². The van der Waals surface area contributed by atoms with Crippen molar-refractivity contribution in [2.24, 2.45) is 5.92 Å². The molecule has 2 fully saturated rings. The van der Waals surface area contributed by atoms with Gasteiger partial charge < -0.3 is 4.74 Å². The van der Waals surface area contributed by atoms with E-state index >= 15 is 0 Å². The first-order valence-corrected chi connectivity index (χ1v) is 6.76. The van der Waals surface area contributed by atoms with Gasteiger partial charge in [-0.3, -0.25) is 4.74 Å². The van der Waals surface area contributed by atoms with E-state index in [1.807, 2.05) is 0 Å². The van der Waals surface area contributed by atoms with Gasteiger partial charge >= 0.3 is 5.97 Å². The number of hydrogen-bond donors (Lipinski definition) is 0. The van der Waals surface area contributed by atoms with E-state index in [1.54, 1.807) is 0 Å². The molecule has 0 aromatic carbocycles. The van der Waals surface area contributed by atoms with E-state index in [1.165, 1.54) is 13.5 Å². The van der Waals surface area contributed by atoms with Crippen LogP contribution in [-0.4, -0.2) is 23.2 Å². The molecule has 2 atom stereocenters. The van der Waals surface area contributed by atoms with Gasteiger partial charge in [-0.2, -0.15) is 9.78 Å². The van der Waals surface area contributed by atoms with Crippen LogP contribution in [0.15, 0.2) is 0 Å². The second kappa shape index (κ2) is 5.37. The van der Waals surface area contributed by atoms with Crippen LogP contribution in [0.5, 0.6) is 0 Å². The summed E-state index contributed by atoms with van der Waals surface area (Å²) in [5, 5.41) is 0. The fraction of sp³-hybridized carbons (Fsp3) is 1.00. The van der Waals surface area contributed by atoms with Crippen LogP contribution < -0.4 is 0 Å². The first kappa shape index (κ1) is 14.1. The Morgan fingerprint density at radius 1 is 1.18 bits per heavy atom. The molecule has 0 spiro atoms. The highest BCUT2D eigenvalue weighted by Gasteiger charge is 2.60. The van der Waals surface area contributed by atoms with E-state index in [2.05, 4.69) is 0 Å². The molecule has 1 aliphatic heterocycles. The van der Waals surface area contributed by atoms with E-state index < -0.39 is 16.1 Å². The Balaban J connectivity index is 2.02. The van der Waals surface area contributed by atoms with Crippen molar-refractivity contribution in [3.05, 3.63) is 0 Å². The van der Waals surface area contributed by atoms with Crippen LogP contribution in [0.3, 0.4) is 0 Å². The highest BCUT2D eigenvalue weighted by molar-refractivity contribution is 6.68. The van der Waals surface area contributed by atoms with Crippen LogP contribution in [-0.2, 0) is 19.2 Å². The molecule has 100 valence electrons. The smallest absolute Gasteiger partial charge is 0.326 e. The number of methoxy groups -OCH3 is 1. The molecule has 17 heavy (non-hydrogen) atoms. The zero-order valence-electron chi connectivity index (χ0n) is 9.46. The topological polar surface area (TPSA) is 36.9 Å². The third-order valence-electron chi connectivity index (χ3n) is 3.17. The maximum atomic E-state index is 5.78. The quantitative estimate of drug-likeness (QED) is 0.577. The van der Waals surface area contributed by atoms with Crippen molar-refractivity contribution >= 4 is 34.8 Å². The summed E-state index contributed by atoms with van der Waals surface area (Å²) in [7, 11) is 1.34. The van der Waals surface area contributed by atoms with Crippen LogP contribution in [0.4, 0.5) is 0 Å². The molecule has 2 rings (SSSR count). The molecule has 1 heterocycles. The Labute approximate surface area is 115 Å². The lowest BCUT2D eigenvalue weighted by Crippen LogP contribution is -2.46. The van der Waals surface area contributed by atoms with Crippen LogP contribution in [0.1, 0.15) is 32.1 Å². The van der Waals surface area contributed by atoms with Crippen LogP contribution in [0.2, 0.25) is 0 Å². The zero-order valence-corrected chi connectivity index (χ0v) is 11.7. The first-order valence-electron chi connectivity index (χ1n) is 5.63. The predicted molar refractivity (Wildman–Crippen MR) is 63.6 cm³/mol. The normalized spacial score (nSPS) is 36.4. The van der Waals surface area contributed by atoms with Crippen molar-refractivity contribution in [3.8, 4) is 0 Å². The van der Waals surface area contributed by atoms with Crippen molar-refractivity contribution in [1.29, 1.82) is 0 Å². The highest BCUT2D eigenvalue weighted by Crippen LogP contribution is 2.48. The second-order valence-electron chi connectivity index (χ2n) is 4.32. The summed E-state index contributed by atoms with van der Waals surface area (Å²) >= 11 is 17.3. The van der Waals surface area contributed by atoms with Gasteiger partial charge in [-0.15, -0.1) is 0 Å². The molecule has 1 aliphatic carbocycles. The number of rotatable bonds is 2. The van der Waals surface area contributed by atoms with Gasteiger partial charge in [-0.25, -0.2) is 0 Å². The van der Waals surface area contributed by atoms with Gasteiger partial charge in [-0.05, 0) is 12.8 Å². The number of halogens is 3. The van der Waals surface area contributed by atoms with Gasteiger partial charge in [0.15, 0.2) is 6.29 Å². The third-order valence-corrected chi connectivity index (χ3v) is 3.87. The minimum Gasteiger partial charge on any atom is -0.326 e. The van der Waals surface area contributed by atoms with Crippen LogP contribution >= 0.6 is 34.8 Å². The molecular formula is C10H15Cl3O4. The zero-order chi connectivity index (χ0) is 12.5. The average Bonchev–Trinajstić information content (AvgIpc) is 2.75. The van der Waals surface area contributed by atoms with Crippen molar-refractivity contribution < 1.29 is 19.2 Å². The maximum absolute atomic E-state index is 5.78. The summed E-state index contributed by atoms with van der Waals surface area (Å²) in [6, 6.07) is 0. The minimum atomic E-state index is -1.87. The first-order chi connectivity index (χ1) is 7.98. The van der Waals surface area contributed by atoms with Crippen molar-refractivity contribution in [1.82, 2.24) is 0 Å². The van der Waals surface area contributed by atoms with E-state index in [0.717, 1.165) is 25.7 Å². The standard InChI is InChI=1S/C10H15Cl3O4/c1-14-10(9(11,12)13)15-8(16-17-10)7-5-3-2-4-6-7/h7-8H,2-6H2,1H3. The van der Waals surface area contributed by atoms with Crippen molar-refractivity contribution in [3.63, 3.8) is 0 Å². The number of ether oxygens (including phenoxy) is 2. The van der Waals surface area contributed by atoms with Gasteiger partial charge in [0.1, 0.15) is 0 Å². The molecular weight excluding hydrogens is 290 g/mol. The van der Waals surface area contributed by atoms with E-state index in [4.69, 9.17) is 54.1 Å². The Morgan fingerprint density at radius 3 is 2.29 bits per heavy atom. The van der Waals surface area contributed by atoms with Crippen molar-refractivity contribution in [2.45, 2.75) is 48.2 Å². The third kappa shape index (κ3) is 2.84. The lowest BCUT2D eigenvalue weighted by molar-refractivity contribution is -0.407. The Morgan fingerprint density at radius 2 is 1.82 bits per heavy atom. The molecule has 4 nitrogen and oxygen atoms in total. The van der Waals surface area contributed by atoms with Gasteiger partial charge in [0.2, 0.25) is 0 Å². The Hall–Kier alpha value is 0.710. The molecule has 0 amide bonds. The average molecular weight is 306 g/mol. The van der Waals surface area contributed by atoms with Crippen LogP contribution in [0.25, 0.3) is 0 Å². The molecule has 0 aromatic rings. The highest BCUT2D eigenvalue weighted by atomic mass is 35.6. The molecule has 2 unspecified atom stereocenters. The van der Waals surface area contributed by atoms with Gasteiger partial charge in [-0.1, -0.05) is 54.1 Å². The molecule has 0 aromatic heterocycles. The summed E-state index contributed by atoms with van der Waals surface area (Å²) < 4.78 is 8.69. The molecule has 7 heteroatoms. The molecule has 0 N–H and O–H groups in total. The minimum absolute atomic E-state index is 0.258. The summed E-state index contributed by atoms with van der Waals surface area (Å²) in [5.41, 5.74) is 0. The summed E-state index contributed by atoms with van der Waals surface area (Å²) in [4.78, 5) is 10.1. The summed E-state index contributed by atoms with van der Waals surface area (Å²) in [6.45, 7) is 0. The predicted octanol–water partition coefficient (Wildman–Crippen LogP) is 3.54. The lowest BCUT2D eigenvalue weighted by atomic mass is 9.89. The molecule has 2 aliphatic rings. The van der Waals surface area contributed by atoms with Gasteiger partial charge in [0.05, 0.1) is 0 Å². The molecule has 0 radical (unpaired) electrons.